The zero-order chi connectivity index (χ0) is 16.6. The van der Waals surface area contributed by atoms with E-state index in [1.807, 2.05) is 0 Å². The van der Waals surface area contributed by atoms with Gasteiger partial charge in [0, 0.05) is 30.5 Å². The molecular formula is C17H23FN2O3. The first-order valence-corrected chi connectivity index (χ1v) is 7.99. The zero-order valence-corrected chi connectivity index (χ0v) is 13.4. The van der Waals surface area contributed by atoms with Crippen molar-refractivity contribution in [2.45, 2.75) is 38.5 Å². The van der Waals surface area contributed by atoms with Crippen LogP contribution in [-0.2, 0) is 4.74 Å². The lowest BCUT2D eigenvalue weighted by Gasteiger charge is -2.54. The molecule has 6 heteroatoms. The van der Waals surface area contributed by atoms with Crippen LogP contribution in [0.1, 0.15) is 31.9 Å². The van der Waals surface area contributed by atoms with Crippen LogP contribution in [0.5, 0.6) is 0 Å². The molecule has 126 valence electrons. The molecular weight excluding hydrogens is 299 g/mol. The van der Waals surface area contributed by atoms with Crippen molar-refractivity contribution in [2.24, 2.45) is 11.3 Å². The summed E-state index contributed by atoms with van der Waals surface area (Å²) < 4.78 is 18.6. The minimum Gasteiger partial charge on any atom is -0.387 e. The molecule has 5 nitrogen and oxygen atoms in total. The number of amides is 2. The highest BCUT2D eigenvalue weighted by Crippen LogP contribution is 2.52. The Labute approximate surface area is 135 Å². The van der Waals surface area contributed by atoms with Crippen molar-refractivity contribution in [3.8, 4) is 0 Å². The number of carbonyl (C=O) groups excluding carboxylic acids is 1. The monoisotopic (exact) mass is 322 g/mol. The fourth-order valence-corrected chi connectivity index (χ4v) is 3.80. The van der Waals surface area contributed by atoms with E-state index in [2.05, 4.69) is 24.5 Å². The average Bonchev–Trinajstić information content (AvgIpc) is 2.98. The summed E-state index contributed by atoms with van der Waals surface area (Å²) in [6.07, 6.45) is 0.327. The predicted octanol–water partition coefficient (Wildman–Crippen LogP) is 1.97. The largest absolute Gasteiger partial charge is 0.387 e. The Bertz CT molecular complexity index is 576. The van der Waals surface area contributed by atoms with E-state index in [1.54, 1.807) is 0 Å². The second-order valence-electron chi connectivity index (χ2n) is 6.96. The van der Waals surface area contributed by atoms with Gasteiger partial charge in [-0.2, -0.15) is 0 Å². The summed E-state index contributed by atoms with van der Waals surface area (Å²) in [4.78, 5) is 12.1. The number of aliphatic hydroxyl groups is 1. The van der Waals surface area contributed by atoms with E-state index in [0.717, 1.165) is 13.0 Å². The van der Waals surface area contributed by atoms with Crippen LogP contribution in [-0.4, -0.2) is 36.4 Å². The Balaban J connectivity index is 1.49. The number of benzene rings is 1. The molecule has 0 aromatic heterocycles. The summed E-state index contributed by atoms with van der Waals surface area (Å²) in [5.74, 6) is 0.0185. The van der Waals surface area contributed by atoms with Crippen molar-refractivity contribution in [1.82, 2.24) is 10.6 Å². The highest BCUT2D eigenvalue weighted by atomic mass is 19.1. The number of aliphatic hydroxyl groups excluding tert-OH is 1. The standard InChI is InChI=1S/C17H23FN2O3/c1-17(2)14(12-7-8-23-15(12)17)20-16(22)19-9-13(21)10-3-5-11(18)6-4-10/h3-6,12-15,21H,7-9H2,1-2H3,(H2,19,20,22). The first-order chi connectivity index (χ1) is 10.9. The summed E-state index contributed by atoms with van der Waals surface area (Å²) >= 11 is 0. The molecule has 0 spiro atoms. The third kappa shape index (κ3) is 3.05. The minimum absolute atomic E-state index is 0.0753. The van der Waals surface area contributed by atoms with Crippen molar-refractivity contribution in [3.63, 3.8) is 0 Å². The molecule has 0 radical (unpaired) electrons. The van der Waals surface area contributed by atoms with Gasteiger partial charge in [0.2, 0.25) is 0 Å². The van der Waals surface area contributed by atoms with Gasteiger partial charge in [-0.25, -0.2) is 9.18 Å². The number of halogens is 1. The molecule has 1 heterocycles. The maximum Gasteiger partial charge on any atom is 0.315 e. The molecule has 2 amide bonds. The molecule has 1 aliphatic carbocycles. The van der Waals surface area contributed by atoms with Crippen molar-refractivity contribution in [2.75, 3.05) is 13.2 Å². The highest BCUT2D eigenvalue weighted by Gasteiger charge is 2.59. The number of carbonyl (C=O) groups is 1. The van der Waals surface area contributed by atoms with Crippen LogP contribution in [0.15, 0.2) is 24.3 Å². The average molecular weight is 322 g/mol. The van der Waals surface area contributed by atoms with Crippen molar-refractivity contribution in [1.29, 1.82) is 0 Å². The number of fused-ring (bicyclic) bond motifs is 1. The first kappa shape index (κ1) is 16.2. The number of urea groups is 1. The molecule has 1 aromatic carbocycles. The molecule has 1 aromatic rings. The normalized spacial score (nSPS) is 29.3. The smallest absolute Gasteiger partial charge is 0.315 e. The lowest BCUT2D eigenvalue weighted by Crippen LogP contribution is -2.67. The fourth-order valence-electron chi connectivity index (χ4n) is 3.80. The summed E-state index contributed by atoms with van der Waals surface area (Å²) in [5.41, 5.74) is 0.494. The van der Waals surface area contributed by atoms with E-state index in [4.69, 9.17) is 4.74 Å². The van der Waals surface area contributed by atoms with Gasteiger partial charge < -0.3 is 20.5 Å². The molecule has 0 bridgehead atoms. The molecule has 2 fully saturated rings. The van der Waals surface area contributed by atoms with Gasteiger partial charge in [0.15, 0.2) is 0 Å². The zero-order valence-electron chi connectivity index (χ0n) is 13.4. The van der Waals surface area contributed by atoms with Gasteiger partial charge in [-0.15, -0.1) is 0 Å². The molecule has 1 saturated heterocycles. The molecule has 3 N–H and O–H groups in total. The van der Waals surface area contributed by atoms with Crippen LogP contribution >= 0.6 is 0 Å². The fraction of sp³-hybridized carbons (Fsp3) is 0.588. The molecule has 3 rings (SSSR count). The number of rotatable bonds is 4. The second kappa shape index (κ2) is 6.09. The Hall–Kier alpha value is -1.66. The number of nitrogens with one attached hydrogen (secondary N) is 2. The summed E-state index contributed by atoms with van der Waals surface area (Å²) in [5, 5.41) is 15.7. The van der Waals surface area contributed by atoms with Crippen molar-refractivity contribution in [3.05, 3.63) is 35.6 Å². The van der Waals surface area contributed by atoms with Gasteiger partial charge in [-0.3, -0.25) is 0 Å². The van der Waals surface area contributed by atoms with Gasteiger partial charge in [0.25, 0.3) is 0 Å². The number of hydrogen-bond acceptors (Lipinski definition) is 3. The highest BCUT2D eigenvalue weighted by molar-refractivity contribution is 5.74. The maximum absolute atomic E-state index is 12.9. The van der Waals surface area contributed by atoms with E-state index >= 15 is 0 Å². The number of hydrogen-bond donors (Lipinski definition) is 3. The van der Waals surface area contributed by atoms with Crippen molar-refractivity contribution >= 4 is 6.03 Å². The van der Waals surface area contributed by atoms with Crippen molar-refractivity contribution < 1.29 is 19.0 Å². The Morgan fingerprint density at radius 2 is 2.13 bits per heavy atom. The van der Waals surface area contributed by atoms with E-state index < -0.39 is 6.10 Å². The lowest BCUT2D eigenvalue weighted by molar-refractivity contribution is -0.108. The second-order valence-corrected chi connectivity index (χ2v) is 6.96. The van der Waals surface area contributed by atoms with Gasteiger partial charge >= 0.3 is 6.03 Å². The molecule has 1 aliphatic heterocycles. The van der Waals surface area contributed by atoms with E-state index in [1.165, 1.54) is 24.3 Å². The topological polar surface area (TPSA) is 70.6 Å². The van der Waals surface area contributed by atoms with Crippen LogP contribution in [0.25, 0.3) is 0 Å². The van der Waals surface area contributed by atoms with Gasteiger partial charge in [-0.1, -0.05) is 26.0 Å². The van der Waals surface area contributed by atoms with Gasteiger partial charge in [-0.05, 0) is 24.1 Å². The third-order valence-electron chi connectivity index (χ3n) is 5.10. The molecule has 23 heavy (non-hydrogen) atoms. The minimum atomic E-state index is -0.863. The lowest BCUT2D eigenvalue weighted by atomic mass is 9.57. The molecule has 4 unspecified atom stereocenters. The summed E-state index contributed by atoms with van der Waals surface area (Å²) in [6.45, 7) is 5.02. The van der Waals surface area contributed by atoms with Crippen LogP contribution in [0.4, 0.5) is 9.18 Å². The van der Waals surface area contributed by atoms with Crippen LogP contribution < -0.4 is 10.6 Å². The quantitative estimate of drug-likeness (QED) is 0.794. The number of ether oxygens (including phenoxy) is 1. The Morgan fingerprint density at radius 3 is 2.83 bits per heavy atom. The Kier molecular flexibility index (Phi) is 4.29. The van der Waals surface area contributed by atoms with Gasteiger partial charge in [0.1, 0.15) is 5.82 Å². The maximum atomic E-state index is 12.9. The predicted molar refractivity (Wildman–Crippen MR) is 83.3 cm³/mol. The van der Waals surface area contributed by atoms with Gasteiger partial charge in [0.05, 0.1) is 12.2 Å². The first-order valence-electron chi connectivity index (χ1n) is 7.99. The SMILES string of the molecule is CC1(C)C(NC(=O)NCC(O)c2ccc(F)cc2)C2CCOC21. The van der Waals surface area contributed by atoms with E-state index in [0.29, 0.717) is 11.5 Å². The molecule has 1 saturated carbocycles. The van der Waals surface area contributed by atoms with E-state index in [9.17, 15) is 14.3 Å². The summed E-state index contributed by atoms with van der Waals surface area (Å²) in [7, 11) is 0. The molecule has 4 atom stereocenters. The van der Waals surface area contributed by atoms with Crippen LogP contribution in [0, 0.1) is 17.2 Å². The van der Waals surface area contributed by atoms with Crippen LogP contribution in [0.2, 0.25) is 0 Å². The molecule has 2 aliphatic rings. The summed E-state index contributed by atoms with van der Waals surface area (Å²) in [6, 6.07) is 5.38. The Morgan fingerprint density at radius 1 is 1.43 bits per heavy atom. The van der Waals surface area contributed by atoms with E-state index in [-0.39, 0.29) is 36.0 Å². The van der Waals surface area contributed by atoms with Crippen LogP contribution in [0.3, 0.4) is 0 Å². The third-order valence-corrected chi connectivity index (χ3v) is 5.10.